The van der Waals surface area contributed by atoms with Crippen molar-refractivity contribution in [3.8, 4) is 0 Å². The van der Waals surface area contributed by atoms with Crippen LogP contribution in [0.4, 0.5) is 8.78 Å². The summed E-state index contributed by atoms with van der Waals surface area (Å²) in [5.41, 5.74) is 0. The van der Waals surface area contributed by atoms with E-state index in [9.17, 15) is 8.78 Å². The fraction of sp³-hybridized carbons (Fsp3) is 0. The van der Waals surface area contributed by atoms with Crippen molar-refractivity contribution in [3.05, 3.63) is 29.8 Å². The van der Waals surface area contributed by atoms with Crippen LogP contribution in [-0.2, 0) is 0 Å². The summed E-state index contributed by atoms with van der Waals surface area (Å²) in [6, 6.07) is 3.22. The molecule has 1 aromatic rings. The van der Waals surface area contributed by atoms with Crippen molar-refractivity contribution in [1.29, 1.82) is 0 Å². The molecule has 0 radical (unpaired) electrons. The van der Waals surface area contributed by atoms with E-state index in [0.29, 0.717) is 0 Å². The van der Waals surface area contributed by atoms with Crippen LogP contribution in [0.2, 0.25) is 0 Å². The Labute approximate surface area is 106 Å². The van der Waals surface area contributed by atoms with Gasteiger partial charge in [0.2, 0.25) is 0 Å². The molecule has 10 heavy (non-hydrogen) atoms. The van der Waals surface area contributed by atoms with Gasteiger partial charge in [0.25, 0.3) is 0 Å². The van der Waals surface area contributed by atoms with Gasteiger partial charge in [-0.1, -0.05) is 0 Å². The Hall–Kier alpha value is 1.07. The van der Waals surface area contributed by atoms with Gasteiger partial charge >= 0.3 is 51.4 Å². The first-order chi connectivity index (χ1) is 4.20. The van der Waals surface area contributed by atoms with Crippen molar-refractivity contribution in [2.24, 2.45) is 0 Å². The fourth-order valence-electron chi connectivity index (χ4n) is 0.481. The third-order valence-electron chi connectivity index (χ3n) is 0.910. The molecule has 0 bridgehead atoms. The summed E-state index contributed by atoms with van der Waals surface area (Å²) in [4.78, 5) is 0.163. The molecule has 1 rings (SSSR count). The van der Waals surface area contributed by atoms with Gasteiger partial charge in [0, 0.05) is 11.0 Å². The molecule has 0 unspecified atom stereocenters. The van der Waals surface area contributed by atoms with Crippen molar-refractivity contribution in [2.75, 3.05) is 0 Å². The molecule has 0 heterocycles. The Morgan fingerprint density at radius 1 is 1.20 bits per heavy atom. The summed E-state index contributed by atoms with van der Waals surface area (Å²) in [6.45, 7) is 0. The van der Waals surface area contributed by atoms with E-state index in [0.717, 1.165) is 12.1 Å². The van der Waals surface area contributed by atoms with E-state index in [2.05, 4.69) is 12.6 Å². The summed E-state index contributed by atoms with van der Waals surface area (Å²) in [6.07, 6.45) is 0. The standard InChI is InChI=1S/C6H4F2S.K.H/c7-4-1-2-6(9)5(8)3-4;;/h1-3,9H;;. The van der Waals surface area contributed by atoms with Crippen molar-refractivity contribution >= 4 is 64.0 Å². The van der Waals surface area contributed by atoms with Crippen LogP contribution in [0.5, 0.6) is 0 Å². The van der Waals surface area contributed by atoms with Gasteiger partial charge in [-0.05, 0) is 12.1 Å². The first kappa shape index (κ1) is 11.1. The summed E-state index contributed by atoms with van der Waals surface area (Å²) >= 11 is 3.70. The molecule has 0 saturated heterocycles. The van der Waals surface area contributed by atoms with Gasteiger partial charge in [0.05, 0.1) is 0 Å². The van der Waals surface area contributed by atoms with Crippen LogP contribution < -0.4 is 0 Å². The van der Waals surface area contributed by atoms with Gasteiger partial charge in [-0.3, -0.25) is 0 Å². The minimum absolute atomic E-state index is 0. The maximum absolute atomic E-state index is 12.3. The molecule has 1 aromatic carbocycles. The third-order valence-corrected chi connectivity index (χ3v) is 1.27. The Kier molecular flexibility index (Phi) is 5.36. The Morgan fingerprint density at radius 3 is 2.20 bits per heavy atom. The van der Waals surface area contributed by atoms with E-state index in [1.807, 2.05) is 0 Å². The van der Waals surface area contributed by atoms with E-state index >= 15 is 0 Å². The van der Waals surface area contributed by atoms with Crippen LogP contribution in [0, 0.1) is 11.6 Å². The number of thiol groups is 1. The molecule has 0 fully saturated rings. The number of hydrogen-bond acceptors (Lipinski definition) is 1. The van der Waals surface area contributed by atoms with Crippen molar-refractivity contribution in [1.82, 2.24) is 0 Å². The second-order valence-corrected chi connectivity index (χ2v) is 2.08. The Morgan fingerprint density at radius 2 is 1.80 bits per heavy atom. The average Bonchev–Trinajstić information content (AvgIpc) is 1.80. The van der Waals surface area contributed by atoms with Gasteiger partial charge in [0.15, 0.2) is 0 Å². The van der Waals surface area contributed by atoms with Crippen molar-refractivity contribution in [3.63, 3.8) is 0 Å². The van der Waals surface area contributed by atoms with E-state index < -0.39 is 11.6 Å². The van der Waals surface area contributed by atoms with Crippen LogP contribution in [-0.4, -0.2) is 51.4 Å². The third kappa shape index (κ3) is 2.98. The summed E-state index contributed by atoms with van der Waals surface area (Å²) in [5, 5.41) is 0. The van der Waals surface area contributed by atoms with E-state index in [-0.39, 0.29) is 56.3 Å². The normalized spacial score (nSPS) is 8.70. The maximum atomic E-state index is 12.3. The van der Waals surface area contributed by atoms with Crippen LogP contribution in [0.3, 0.4) is 0 Å². The number of halogens is 2. The van der Waals surface area contributed by atoms with E-state index in [1.54, 1.807) is 0 Å². The molecule has 0 saturated carbocycles. The van der Waals surface area contributed by atoms with Crippen LogP contribution >= 0.6 is 12.6 Å². The number of rotatable bonds is 0. The molecule has 0 nitrogen and oxygen atoms in total. The second-order valence-electron chi connectivity index (χ2n) is 1.60. The fourth-order valence-corrected chi connectivity index (χ4v) is 0.620. The predicted molar refractivity (Wildman–Crippen MR) is 40.8 cm³/mol. The molecular weight excluding hydrogens is 181 g/mol. The second kappa shape index (κ2) is 4.85. The first-order valence-electron chi connectivity index (χ1n) is 2.34. The molecule has 0 amide bonds. The van der Waals surface area contributed by atoms with Crippen molar-refractivity contribution < 1.29 is 8.78 Å². The summed E-state index contributed by atoms with van der Waals surface area (Å²) in [5.74, 6) is -1.20. The minimum atomic E-state index is -0.627. The molecule has 0 spiro atoms. The van der Waals surface area contributed by atoms with Crippen LogP contribution in [0.1, 0.15) is 0 Å². The SMILES string of the molecule is Fc1ccc(S)c(F)c1.[KH]. The van der Waals surface area contributed by atoms with Crippen LogP contribution in [0.25, 0.3) is 0 Å². The van der Waals surface area contributed by atoms with Gasteiger partial charge in [-0.15, -0.1) is 12.6 Å². The Balaban J connectivity index is 0.000000810. The Bertz CT molecular complexity index is 227. The van der Waals surface area contributed by atoms with Gasteiger partial charge in [-0.25, -0.2) is 8.78 Å². The number of benzene rings is 1. The summed E-state index contributed by atoms with van der Waals surface area (Å²) in [7, 11) is 0. The molecule has 0 aliphatic heterocycles. The molecule has 0 N–H and O–H groups in total. The topological polar surface area (TPSA) is 0 Å². The summed E-state index contributed by atoms with van der Waals surface area (Å²) < 4.78 is 24.3. The molecule has 0 atom stereocenters. The van der Waals surface area contributed by atoms with E-state index in [4.69, 9.17) is 0 Å². The monoisotopic (exact) mass is 186 g/mol. The zero-order chi connectivity index (χ0) is 6.85. The molecule has 4 heteroatoms. The molecule has 0 aliphatic carbocycles. The quantitative estimate of drug-likeness (QED) is 0.462. The molecule has 0 aliphatic rings. The molecule has 50 valence electrons. The van der Waals surface area contributed by atoms with Crippen LogP contribution in [0.15, 0.2) is 23.1 Å². The van der Waals surface area contributed by atoms with E-state index in [1.165, 1.54) is 6.07 Å². The van der Waals surface area contributed by atoms with Gasteiger partial charge < -0.3 is 0 Å². The first-order valence-corrected chi connectivity index (χ1v) is 2.79. The molecule has 0 aromatic heterocycles. The average molecular weight is 186 g/mol. The number of hydrogen-bond donors (Lipinski definition) is 1. The van der Waals surface area contributed by atoms with Gasteiger partial charge in [0.1, 0.15) is 11.6 Å². The van der Waals surface area contributed by atoms with Crippen molar-refractivity contribution in [2.45, 2.75) is 4.90 Å². The molecular formula is C6H5F2KS. The zero-order valence-corrected chi connectivity index (χ0v) is 5.33. The van der Waals surface area contributed by atoms with Gasteiger partial charge in [-0.2, -0.15) is 0 Å². The predicted octanol–water partition coefficient (Wildman–Crippen LogP) is 1.61. The zero-order valence-electron chi connectivity index (χ0n) is 4.44.